The first-order valence-electron chi connectivity index (χ1n) is 4.63. The lowest BCUT2D eigenvalue weighted by molar-refractivity contribution is 0.541. The molecule has 0 aromatic heterocycles. The first-order chi connectivity index (χ1) is 7.06. The van der Waals surface area contributed by atoms with Crippen LogP contribution in [0.1, 0.15) is 18.5 Å². The van der Waals surface area contributed by atoms with Crippen LogP contribution >= 0.6 is 0 Å². The van der Waals surface area contributed by atoms with Crippen molar-refractivity contribution in [3.05, 3.63) is 29.3 Å². The second kappa shape index (κ2) is 3.64. The van der Waals surface area contributed by atoms with Gasteiger partial charge in [0.15, 0.2) is 0 Å². The number of fused-ring (bicyclic) bond motifs is 1. The summed E-state index contributed by atoms with van der Waals surface area (Å²) in [5.41, 5.74) is 0.473. The van der Waals surface area contributed by atoms with E-state index in [4.69, 9.17) is 0 Å². The fraction of sp³-hybridized carbons (Fsp3) is 0.400. The van der Waals surface area contributed by atoms with Gasteiger partial charge in [-0.15, -0.1) is 0 Å². The van der Waals surface area contributed by atoms with Crippen molar-refractivity contribution in [3.63, 3.8) is 0 Å². The van der Waals surface area contributed by atoms with E-state index in [1.165, 1.54) is 6.07 Å². The smallest absolute Gasteiger partial charge is 0.142 e. The quantitative estimate of drug-likeness (QED) is 0.797. The van der Waals surface area contributed by atoms with Gasteiger partial charge in [-0.25, -0.2) is 8.78 Å². The predicted molar refractivity (Wildman–Crippen MR) is 54.0 cm³/mol. The molecule has 5 heteroatoms. The minimum atomic E-state index is -1.40. The van der Waals surface area contributed by atoms with E-state index in [1.54, 1.807) is 14.0 Å². The maximum atomic E-state index is 13.4. The second-order valence-corrected chi connectivity index (χ2v) is 5.32. The molecule has 0 bridgehead atoms. The zero-order valence-electron chi connectivity index (χ0n) is 8.38. The number of hydrogen-bond donors (Lipinski definition) is 1. The Balaban J connectivity index is 2.65. The van der Waals surface area contributed by atoms with Gasteiger partial charge < -0.3 is 5.32 Å². The van der Waals surface area contributed by atoms with Crippen molar-refractivity contribution in [2.75, 3.05) is 7.05 Å². The molecule has 2 rings (SSSR count). The molecule has 0 radical (unpaired) electrons. The van der Waals surface area contributed by atoms with Crippen LogP contribution in [0.2, 0.25) is 0 Å². The SMILES string of the molecule is CNC1c2cc(F)cc(F)c2S(=O)C1C. The van der Waals surface area contributed by atoms with Crippen LogP contribution in [-0.2, 0) is 10.8 Å². The number of benzene rings is 1. The van der Waals surface area contributed by atoms with Crippen molar-refractivity contribution in [3.8, 4) is 0 Å². The van der Waals surface area contributed by atoms with E-state index in [2.05, 4.69) is 5.32 Å². The molecular weight excluding hydrogens is 220 g/mol. The van der Waals surface area contributed by atoms with Gasteiger partial charge in [0, 0.05) is 12.1 Å². The highest BCUT2D eigenvalue weighted by molar-refractivity contribution is 7.86. The van der Waals surface area contributed by atoms with Gasteiger partial charge in [-0.2, -0.15) is 0 Å². The summed E-state index contributed by atoms with van der Waals surface area (Å²) in [5.74, 6) is -1.34. The van der Waals surface area contributed by atoms with Crippen molar-refractivity contribution in [1.82, 2.24) is 5.32 Å². The highest BCUT2D eigenvalue weighted by atomic mass is 32.2. The molecule has 1 N–H and O–H groups in total. The van der Waals surface area contributed by atoms with Crippen LogP contribution in [0.5, 0.6) is 0 Å². The van der Waals surface area contributed by atoms with Crippen LogP contribution in [-0.4, -0.2) is 16.5 Å². The van der Waals surface area contributed by atoms with Gasteiger partial charge in [-0.05, 0) is 25.6 Å². The summed E-state index contributed by atoms with van der Waals surface area (Å²) < 4.78 is 38.3. The minimum absolute atomic E-state index is 0.142. The zero-order valence-corrected chi connectivity index (χ0v) is 9.20. The summed E-state index contributed by atoms with van der Waals surface area (Å²) in [4.78, 5) is 0.142. The molecule has 82 valence electrons. The average Bonchev–Trinajstić information content (AvgIpc) is 2.39. The molecule has 0 aliphatic carbocycles. The van der Waals surface area contributed by atoms with E-state index >= 15 is 0 Å². The Kier molecular flexibility index (Phi) is 2.60. The Morgan fingerprint density at radius 3 is 2.67 bits per heavy atom. The number of rotatable bonds is 1. The standard InChI is InChI=1S/C10H11F2NOS/c1-5-9(13-2)7-3-6(11)4-8(12)10(7)15(5)14/h3-5,9,13H,1-2H3. The van der Waals surface area contributed by atoms with E-state index in [-0.39, 0.29) is 16.2 Å². The third kappa shape index (κ3) is 1.50. The molecule has 0 saturated heterocycles. The van der Waals surface area contributed by atoms with Crippen molar-refractivity contribution >= 4 is 10.8 Å². The fourth-order valence-electron chi connectivity index (χ4n) is 1.98. The summed E-state index contributed by atoms with van der Waals surface area (Å²) in [6, 6.07) is 1.79. The molecule has 3 atom stereocenters. The van der Waals surface area contributed by atoms with Crippen molar-refractivity contribution in [1.29, 1.82) is 0 Å². The molecule has 0 fully saturated rings. The molecular formula is C10H11F2NOS. The Labute approximate surface area is 89.1 Å². The Morgan fingerprint density at radius 2 is 2.07 bits per heavy atom. The van der Waals surface area contributed by atoms with Crippen LogP contribution in [0.3, 0.4) is 0 Å². The van der Waals surface area contributed by atoms with Crippen molar-refractivity contribution < 1.29 is 13.0 Å². The van der Waals surface area contributed by atoms with Crippen molar-refractivity contribution in [2.45, 2.75) is 23.1 Å². The maximum Gasteiger partial charge on any atom is 0.142 e. The molecule has 1 aromatic carbocycles. The van der Waals surface area contributed by atoms with Crippen LogP contribution in [0.15, 0.2) is 17.0 Å². The molecule has 0 amide bonds. The molecule has 1 aliphatic rings. The van der Waals surface area contributed by atoms with Gasteiger partial charge in [-0.3, -0.25) is 4.21 Å². The van der Waals surface area contributed by atoms with Gasteiger partial charge in [0.2, 0.25) is 0 Å². The van der Waals surface area contributed by atoms with Crippen molar-refractivity contribution in [2.24, 2.45) is 0 Å². The molecule has 1 heterocycles. The van der Waals surface area contributed by atoms with Crippen LogP contribution in [0.25, 0.3) is 0 Å². The Morgan fingerprint density at radius 1 is 1.40 bits per heavy atom. The van der Waals surface area contributed by atoms with Gasteiger partial charge in [-0.1, -0.05) is 0 Å². The first-order valence-corrected chi connectivity index (χ1v) is 5.84. The third-order valence-corrected chi connectivity index (χ3v) is 4.47. The lowest BCUT2D eigenvalue weighted by Crippen LogP contribution is -2.24. The summed E-state index contributed by atoms with van der Waals surface area (Å²) in [5, 5.41) is 2.69. The summed E-state index contributed by atoms with van der Waals surface area (Å²) in [7, 11) is 0.294. The van der Waals surface area contributed by atoms with Gasteiger partial charge >= 0.3 is 0 Å². The fourth-order valence-corrected chi connectivity index (χ4v) is 3.55. The topological polar surface area (TPSA) is 29.1 Å². The van der Waals surface area contributed by atoms with E-state index in [9.17, 15) is 13.0 Å². The minimum Gasteiger partial charge on any atom is -0.312 e. The lowest BCUT2D eigenvalue weighted by Gasteiger charge is -2.13. The Hall–Kier alpha value is -0.810. The first kappa shape index (κ1) is 10.7. The zero-order chi connectivity index (χ0) is 11.2. The summed E-state index contributed by atoms with van der Waals surface area (Å²) in [6.45, 7) is 1.76. The van der Waals surface area contributed by atoms with Gasteiger partial charge in [0.05, 0.1) is 20.9 Å². The second-order valence-electron chi connectivity index (χ2n) is 3.57. The van der Waals surface area contributed by atoms with Crippen LogP contribution < -0.4 is 5.32 Å². The highest BCUT2D eigenvalue weighted by Gasteiger charge is 2.37. The number of hydrogen-bond acceptors (Lipinski definition) is 2. The lowest BCUT2D eigenvalue weighted by atomic mass is 10.0. The van der Waals surface area contributed by atoms with E-state index < -0.39 is 22.4 Å². The molecule has 2 nitrogen and oxygen atoms in total. The monoisotopic (exact) mass is 231 g/mol. The van der Waals surface area contributed by atoms with Gasteiger partial charge in [0.25, 0.3) is 0 Å². The summed E-state index contributed by atoms with van der Waals surface area (Å²) in [6.07, 6.45) is 0. The normalized spacial score (nSPS) is 29.2. The molecule has 0 saturated carbocycles. The number of halogens is 2. The molecule has 3 unspecified atom stereocenters. The number of nitrogens with one attached hydrogen (secondary N) is 1. The van der Waals surface area contributed by atoms with Crippen LogP contribution in [0, 0.1) is 11.6 Å². The molecule has 0 spiro atoms. The molecule has 15 heavy (non-hydrogen) atoms. The van der Waals surface area contributed by atoms with E-state index in [0.29, 0.717) is 5.56 Å². The molecule has 1 aliphatic heterocycles. The van der Waals surface area contributed by atoms with E-state index in [1.807, 2.05) is 0 Å². The molecule has 1 aromatic rings. The summed E-state index contributed by atoms with van der Waals surface area (Å²) >= 11 is 0. The van der Waals surface area contributed by atoms with E-state index in [0.717, 1.165) is 6.07 Å². The average molecular weight is 231 g/mol. The van der Waals surface area contributed by atoms with Gasteiger partial charge in [0.1, 0.15) is 11.6 Å². The highest BCUT2D eigenvalue weighted by Crippen LogP contribution is 2.37. The maximum absolute atomic E-state index is 13.4. The van der Waals surface area contributed by atoms with Crippen LogP contribution in [0.4, 0.5) is 8.78 Å². The predicted octanol–water partition coefficient (Wildman–Crippen LogP) is 1.74. The largest absolute Gasteiger partial charge is 0.312 e. The Bertz CT molecular complexity index is 436. The third-order valence-electron chi connectivity index (χ3n) is 2.69.